The van der Waals surface area contributed by atoms with E-state index in [4.69, 9.17) is 0 Å². The standard InChI is InChI=1S/C18H33N3O2/c1-3-8-20-18(23)15-6-10-21(11-7-15)17(22)12-14(2)16-5-4-9-19-13-16/h14-16,19H,3-13H2,1-2H3,(H,20,23). The van der Waals surface area contributed by atoms with Gasteiger partial charge in [0.1, 0.15) is 0 Å². The van der Waals surface area contributed by atoms with E-state index in [2.05, 4.69) is 24.5 Å². The molecule has 0 radical (unpaired) electrons. The van der Waals surface area contributed by atoms with E-state index in [1.165, 1.54) is 12.8 Å². The van der Waals surface area contributed by atoms with Crippen LogP contribution in [0.25, 0.3) is 0 Å². The van der Waals surface area contributed by atoms with E-state index < -0.39 is 0 Å². The van der Waals surface area contributed by atoms with E-state index in [9.17, 15) is 9.59 Å². The first kappa shape index (κ1) is 18.2. The van der Waals surface area contributed by atoms with E-state index in [0.29, 0.717) is 18.3 Å². The summed E-state index contributed by atoms with van der Waals surface area (Å²) >= 11 is 0. The first-order valence-electron chi connectivity index (χ1n) is 9.38. The minimum absolute atomic E-state index is 0.0885. The van der Waals surface area contributed by atoms with Crippen molar-refractivity contribution in [2.75, 3.05) is 32.7 Å². The zero-order valence-corrected chi connectivity index (χ0v) is 14.8. The molecule has 2 unspecified atom stereocenters. The van der Waals surface area contributed by atoms with Crippen molar-refractivity contribution >= 4 is 11.8 Å². The van der Waals surface area contributed by atoms with Crippen LogP contribution in [-0.2, 0) is 9.59 Å². The van der Waals surface area contributed by atoms with Gasteiger partial charge in [0, 0.05) is 32.0 Å². The number of nitrogens with one attached hydrogen (secondary N) is 2. The molecule has 2 aliphatic rings. The lowest BCUT2D eigenvalue weighted by Gasteiger charge is -2.34. The number of hydrogen-bond acceptors (Lipinski definition) is 3. The molecule has 0 aromatic rings. The Bertz CT molecular complexity index is 386. The highest BCUT2D eigenvalue weighted by molar-refractivity contribution is 5.80. The molecule has 0 aliphatic carbocycles. The molecule has 2 aliphatic heterocycles. The number of carbonyl (C=O) groups excluding carboxylic acids is 2. The lowest BCUT2D eigenvalue weighted by molar-refractivity contribution is -0.136. The predicted octanol–water partition coefficient (Wildman–Crippen LogP) is 1.78. The number of piperidine rings is 2. The van der Waals surface area contributed by atoms with E-state index in [1.54, 1.807) is 0 Å². The lowest BCUT2D eigenvalue weighted by atomic mass is 9.85. The van der Waals surface area contributed by atoms with Crippen molar-refractivity contribution in [2.24, 2.45) is 17.8 Å². The Morgan fingerprint density at radius 3 is 2.61 bits per heavy atom. The average molecular weight is 323 g/mol. The topological polar surface area (TPSA) is 61.4 Å². The molecule has 2 N–H and O–H groups in total. The van der Waals surface area contributed by atoms with Gasteiger partial charge in [0.05, 0.1) is 0 Å². The van der Waals surface area contributed by atoms with E-state index in [1.807, 2.05) is 4.90 Å². The van der Waals surface area contributed by atoms with E-state index in [0.717, 1.165) is 52.0 Å². The minimum atomic E-state index is 0.0885. The summed E-state index contributed by atoms with van der Waals surface area (Å²) in [6.45, 7) is 8.66. The third-order valence-corrected chi connectivity index (χ3v) is 5.40. The number of carbonyl (C=O) groups is 2. The molecule has 0 saturated carbocycles. The number of rotatable bonds is 6. The molecule has 5 heteroatoms. The van der Waals surface area contributed by atoms with Gasteiger partial charge < -0.3 is 15.5 Å². The fourth-order valence-electron chi connectivity index (χ4n) is 3.72. The van der Waals surface area contributed by atoms with Crippen LogP contribution in [-0.4, -0.2) is 49.4 Å². The molecule has 132 valence electrons. The number of nitrogens with zero attached hydrogens (tertiary/aromatic N) is 1. The molecule has 2 saturated heterocycles. The Morgan fingerprint density at radius 2 is 2.00 bits per heavy atom. The summed E-state index contributed by atoms with van der Waals surface area (Å²) in [7, 11) is 0. The first-order chi connectivity index (χ1) is 11.1. The average Bonchev–Trinajstić information content (AvgIpc) is 2.60. The molecule has 2 atom stereocenters. The Hall–Kier alpha value is -1.10. The molecule has 0 aromatic carbocycles. The van der Waals surface area contributed by atoms with Crippen LogP contribution in [0.2, 0.25) is 0 Å². The third-order valence-electron chi connectivity index (χ3n) is 5.40. The van der Waals surface area contributed by atoms with Crippen LogP contribution >= 0.6 is 0 Å². The van der Waals surface area contributed by atoms with Crippen molar-refractivity contribution in [1.29, 1.82) is 0 Å². The van der Waals surface area contributed by atoms with Gasteiger partial charge >= 0.3 is 0 Å². The normalized spacial score (nSPS) is 24.3. The third kappa shape index (κ3) is 5.48. The Labute approximate surface area is 140 Å². The summed E-state index contributed by atoms with van der Waals surface area (Å²) in [6.07, 6.45) is 5.69. The molecule has 5 nitrogen and oxygen atoms in total. The predicted molar refractivity (Wildman–Crippen MR) is 92.0 cm³/mol. The molecule has 2 amide bonds. The molecular weight excluding hydrogens is 290 g/mol. The zero-order valence-electron chi connectivity index (χ0n) is 14.8. The van der Waals surface area contributed by atoms with Crippen LogP contribution in [0, 0.1) is 17.8 Å². The van der Waals surface area contributed by atoms with Crippen molar-refractivity contribution < 1.29 is 9.59 Å². The highest BCUT2D eigenvalue weighted by Gasteiger charge is 2.29. The molecular formula is C18H33N3O2. The van der Waals surface area contributed by atoms with Crippen molar-refractivity contribution in [3.8, 4) is 0 Å². The van der Waals surface area contributed by atoms with Gasteiger partial charge in [-0.2, -0.15) is 0 Å². The van der Waals surface area contributed by atoms with Gasteiger partial charge in [-0.15, -0.1) is 0 Å². The van der Waals surface area contributed by atoms with Crippen LogP contribution in [0.5, 0.6) is 0 Å². The van der Waals surface area contributed by atoms with E-state index >= 15 is 0 Å². The number of hydrogen-bond donors (Lipinski definition) is 2. The Kier molecular flexibility index (Phi) is 7.34. The van der Waals surface area contributed by atoms with Gasteiger partial charge in [0.25, 0.3) is 0 Å². The van der Waals surface area contributed by atoms with Gasteiger partial charge in [0.15, 0.2) is 0 Å². The Balaban J connectivity index is 1.71. The molecule has 23 heavy (non-hydrogen) atoms. The number of amides is 2. The minimum Gasteiger partial charge on any atom is -0.356 e. The van der Waals surface area contributed by atoms with Crippen LogP contribution in [0.1, 0.15) is 52.4 Å². The second-order valence-corrected chi connectivity index (χ2v) is 7.23. The van der Waals surface area contributed by atoms with Crippen molar-refractivity contribution in [1.82, 2.24) is 15.5 Å². The first-order valence-corrected chi connectivity index (χ1v) is 9.38. The fourth-order valence-corrected chi connectivity index (χ4v) is 3.72. The van der Waals surface area contributed by atoms with Gasteiger partial charge in [-0.1, -0.05) is 13.8 Å². The molecule has 2 rings (SSSR count). The summed E-state index contributed by atoms with van der Waals surface area (Å²) in [5, 5.41) is 6.41. The zero-order chi connectivity index (χ0) is 16.7. The van der Waals surface area contributed by atoms with Crippen LogP contribution in [0.15, 0.2) is 0 Å². The number of likely N-dealkylation sites (tertiary alicyclic amines) is 1. The highest BCUT2D eigenvalue weighted by atomic mass is 16.2. The van der Waals surface area contributed by atoms with Gasteiger partial charge in [-0.3, -0.25) is 9.59 Å². The summed E-state index contributed by atoms with van der Waals surface area (Å²) in [5.74, 6) is 1.60. The van der Waals surface area contributed by atoms with Crippen LogP contribution in [0.3, 0.4) is 0 Å². The van der Waals surface area contributed by atoms with Crippen molar-refractivity contribution in [2.45, 2.75) is 52.4 Å². The molecule has 2 fully saturated rings. The smallest absolute Gasteiger partial charge is 0.223 e. The summed E-state index contributed by atoms with van der Waals surface area (Å²) in [6, 6.07) is 0. The lowest BCUT2D eigenvalue weighted by Crippen LogP contribution is -2.44. The van der Waals surface area contributed by atoms with Crippen molar-refractivity contribution in [3.63, 3.8) is 0 Å². The van der Waals surface area contributed by atoms with Gasteiger partial charge in [0.2, 0.25) is 11.8 Å². The fraction of sp³-hybridized carbons (Fsp3) is 0.889. The van der Waals surface area contributed by atoms with Crippen LogP contribution < -0.4 is 10.6 Å². The largest absolute Gasteiger partial charge is 0.356 e. The summed E-state index contributed by atoms with van der Waals surface area (Å²) in [4.78, 5) is 26.5. The maximum Gasteiger partial charge on any atom is 0.223 e. The van der Waals surface area contributed by atoms with Gasteiger partial charge in [-0.25, -0.2) is 0 Å². The quantitative estimate of drug-likeness (QED) is 0.783. The molecule has 0 aromatic heterocycles. The second-order valence-electron chi connectivity index (χ2n) is 7.23. The van der Waals surface area contributed by atoms with Gasteiger partial charge in [-0.05, 0) is 57.0 Å². The van der Waals surface area contributed by atoms with E-state index in [-0.39, 0.29) is 17.7 Å². The monoisotopic (exact) mass is 323 g/mol. The Morgan fingerprint density at radius 1 is 1.26 bits per heavy atom. The molecule has 0 bridgehead atoms. The SMILES string of the molecule is CCCNC(=O)C1CCN(C(=O)CC(C)C2CCCNC2)CC1. The maximum atomic E-state index is 12.5. The van der Waals surface area contributed by atoms with Crippen molar-refractivity contribution in [3.05, 3.63) is 0 Å². The second kappa shape index (κ2) is 9.26. The molecule has 0 spiro atoms. The maximum absolute atomic E-state index is 12.5. The summed E-state index contributed by atoms with van der Waals surface area (Å²) < 4.78 is 0. The van der Waals surface area contributed by atoms with Crippen LogP contribution in [0.4, 0.5) is 0 Å². The summed E-state index contributed by atoms with van der Waals surface area (Å²) in [5.41, 5.74) is 0. The molecule has 2 heterocycles. The highest BCUT2D eigenvalue weighted by Crippen LogP contribution is 2.25.